The van der Waals surface area contributed by atoms with E-state index in [-0.39, 0.29) is 0 Å². The van der Waals surface area contributed by atoms with Crippen molar-refractivity contribution in [3.63, 3.8) is 0 Å². The summed E-state index contributed by atoms with van der Waals surface area (Å²) in [4.78, 5) is 21.3. The minimum absolute atomic E-state index is 0.763. The zero-order valence-corrected chi connectivity index (χ0v) is 18.8. The van der Waals surface area contributed by atoms with E-state index in [0.29, 0.717) is 0 Å². The first-order valence-electron chi connectivity index (χ1n) is 11.6. The van der Waals surface area contributed by atoms with Gasteiger partial charge in [0.25, 0.3) is 0 Å². The van der Waals surface area contributed by atoms with Crippen molar-refractivity contribution in [3.8, 4) is 22.9 Å². The molecule has 0 atom stereocenters. The molecule has 8 nitrogen and oxygen atoms in total. The Labute approximate surface area is 195 Å². The van der Waals surface area contributed by atoms with Gasteiger partial charge in [0.1, 0.15) is 11.5 Å². The molecule has 0 radical (unpaired) electrons. The molecule has 3 aromatic heterocycles. The number of aromatic amines is 3. The van der Waals surface area contributed by atoms with Gasteiger partial charge in [-0.1, -0.05) is 12.1 Å². The predicted octanol–water partition coefficient (Wildman–Crippen LogP) is 4.40. The number of para-hydroxylation sites is 2. The number of aromatic nitrogens is 6. The fourth-order valence-electron chi connectivity index (χ4n) is 4.80. The summed E-state index contributed by atoms with van der Waals surface area (Å²) in [5.41, 5.74) is 7.97. The first-order valence-corrected chi connectivity index (χ1v) is 11.6. The van der Waals surface area contributed by atoms with Crippen molar-refractivity contribution in [2.75, 3.05) is 38.1 Å². The third kappa shape index (κ3) is 3.14. The van der Waals surface area contributed by atoms with Crippen LogP contribution in [0, 0.1) is 0 Å². The van der Waals surface area contributed by atoms with Gasteiger partial charge in [0, 0.05) is 42.8 Å². The molecule has 1 saturated heterocycles. The van der Waals surface area contributed by atoms with Gasteiger partial charge in [0.2, 0.25) is 0 Å². The molecule has 1 aliphatic heterocycles. The number of likely N-dealkylation sites (N-methyl/N-ethyl adjacent to an activating group) is 1. The minimum atomic E-state index is 0.763. The molecule has 168 valence electrons. The number of hydrogen-bond acceptors (Lipinski definition) is 5. The topological polar surface area (TPSA) is 92.5 Å². The van der Waals surface area contributed by atoms with Crippen LogP contribution in [-0.2, 0) is 0 Å². The molecule has 8 heteroatoms. The third-order valence-electron chi connectivity index (χ3n) is 6.78. The Bertz CT molecular complexity index is 1610. The van der Waals surface area contributed by atoms with E-state index >= 15 is 0 Å². The number of piperazine rings is 1. The average Bonchev–Trinajstić information content (AvgIpc) is 3.59. The normalized spacial score (nSPS) is 15.1. The van der Waals surface area contributed by atoms with Gasteiger partial charge in [0.15, 0.2) is 5.82 Å². The van der Waals surface area contributed by atoms with Crippen LogP contribution >= 0.6 is 0 Å². The van der Waals surface area contributed by atoms with Crippen molar-refractivity contribution >= 4 is 38.7 Å². The lowest BCUT2D eigenvalue weighted by atomic mass is 10.1. The highest BCUT2D eigenvalue weighted by Gasteiger charge is 2.17. The number of nitrogens with zero attached hydrogens (tertiary/aromatic N) is 5. The van der Waals surface area contributed by atoms with E-state index in [1.807, 2.05) is 30.3 Å². The van der Waals surface area contributed by atoms with E-state index in [0.717, 1.165) is 82.1 Å². The van der Waals surface area contributed by atoms with Gasteiger partial charge in [-0.2, -0.15) is 5.10 Å². The molecule has 0 amide bonds. The van der Waals surface area contributed by atoms with Gasteiger partial charge >= 0.3 is 0 Å². The summed E-state index contributed by atoms with van der Waals surface area (Å²) in [5, 5.41) is 8.75. The van der Waals surface area contributed by atoms with Crippen molar-refractivity contribution in [2.45, 2.75) is 0 Å². The quantitative estimate of drug-likeness (QED) is 0.373. The summed E-state index contributed by atoms with van der Waals surface area (Å²) < 4.78 is 0. The second-order valence-corrected chi connectivity index (χ2v) is 9.01. The monoisotopic (exact) mass is 448 g/mol. The number of benzene rings is 3. The number of H-pyrrole nitrogens is 3. The lowest BCUT2D eigenvalue weighted by molar-refractivity contribution is 0.313. The number of hydrogen-bond donors (Lipinski definition) is 3. The van der Waals surface area contributed by atoms with E-state index in [1.54, 1.807) is 0 Å². The van der Waals surface area contributed by atoms with E-state index in [2.05, 4.69) is 67.3 Å². The predicted molar refractivity (Wildman–Crippen MR) is 136 cm³/mol. The molecule has 6 aromatic rings. The molecule has 1 fully saturated rings. The number of imidazole rings is 2. The Balaban J connectivity index is 1.27. The molecule has 3 N–H and O–H groups in total. The number of rotatable bonds is 3. The third-order valence-corrected chi connectivity index (χ3v) is 6.78. The summed E-state index contributed by atoms with van der Waals surface area (Å²) in [6.07, 6.45) is 0. The molecule has 3 aromatic carbocycles. The summed E-state index contributed by atoms with van der Waals surface area (Å²) in [7, 11) is 2.18. The molecule has 1 aliphatic rings. The molecular weight excluding hydrogens is 424 g/mol. The Hall–Kier alpha value is -4.17. The molecular formula is C26H24N8. The summed E-state index contributed by atoms with van der Waals surface area (Å²) in [6.45, 7) is 4.24. The highest BCUT2D eigenvalue weighted by molar-refractivity contribution is 5.96. The molecule has 0 aliphatic carbocycles. The number of nitrogens with one attached hydrogen (secondary N) is 3. The lowest BCUT2D eigenvalue weighted by Gasteiger charge is -2.34. The second kappa shape index (κ2) is 7.43. The highest BCUT2D eigenvalue weighted by atomic mass is 15.2. The SMILES string of the molecule is CN1CCN(c2ccc3nc(-c4n[nH]c5ccc(-c6nc7ccccc7[nH]6)cc45)[nH]c3c2)CC1. The largest absolute Gasteiger partial charge is 0.369 e. The maximum absolute atomic E-state index is 4.85. The highest BCUT2D eigenvalue weighted by Crippen LogP contribution is 2.31. The van der Waals surface area contributed by atoms with Crippen molar-refractivity contribution < 1.29 is 0 Å². The van der Waals surface area contributed by atoms with Crippen molar-refractivity contribution in [1.29, 1.82) is 0 Å². The maximum atomic E-state index is 4.85. The second-order valence-electron chi connectivity index (χ2n) is 9.01. The number of anilines is 1. The van der Waals surface area contributed by atoms with Crippen LogP contribution < -0.4 is 4.90 Å². The maximum Gasteiger partial charge on any atom is 0.159 e. The first-order chi connectivity index (χ1) is 16.7. The molecule has 7 rings (SSSR count). The molecule has 0 unspecified atom stereocenters. The van der Waals surface area contributed by atoms with Gasteiger partial charge in [-0.05, 0) is 55.6 Å². The van der Waals surface area contributed by atoms with Gasteiger partial charge in [0.05, 0.1) is 27.6 Å². The van der Waals surface area contributed by atoms with Gasteiger partial charge in [-0.3, -0.25) is 5.10 Å². The van der Waals surface area contributed by atoms with E-state index < -0.39 is 0 Å². The van der Waals surface area contributed by atoms with Crippen molar-refractivity contribution in [3.05, 3.63) is 60.7 Å². The smallest absolute Gasteiger partial charge is 0.159 e. The minimum Gasteiger partial charge on any atom is -0.369 e. The van der Waals surface area contributed by atoms with Crippen LogP contribution in [0.3, 0.4) is 0 Å². The van der Waals surface area contributed by atoms with Crippen molar-refractivity contribution in [1.82, 2.24) is 35.0 Å². The molecule has 4 heterocycles. The van der Waals surface area contributed by atoms with Crippen LogP contribution in [0.25, 0.3) is 55.9 Å². The van der Waals surface area contributed by atoms with Crippen LogP contribution in [0.5, 0.6) is 0 Å². The lowest BCUT2D eigenvalue weighted by Crippen LogP contribution is -2.44. The zero-order chi connectivity index (χ0) is 22.6. The molecule has 0 bridgehead atoms. The number of fused-ring (bicyclic) bond motifs is 3. The first kappa shape index (κ1) is 19.3. The van der Waals surface area contributed by atoms with E-state index in [4.69, 9.17) is 9.97 Å². The van der Waals surface area contributed by atoms with E-state index in [9.17, 15) is 0 Å². The fraction of sp³-hybridized carbons (Fsp3) is 0.192. The summed E-state index contributed by atoms with van der Waals surface area (Å²) >= 11 is 0. The molecule has 34 heavy (non-hydrogen) atoms. The van der Waals surface area contributed by atoms with Gasteiger partial charge in [-0.15, -0.1) is 0 Å². The van der Waals surface area contributed by atoms with Gasteiger partial charge < -0.3 is 19.8 Å². The van der Waals surface area contributed by atoms with Crippen molar-refractivity contribution in [2.24, 2.45) is 0 Å². The Morgan fingerprint density at radius 2 is 1.53 bits per heavy atom. The molecule has 0 saturated carbocycles. The van der Waals surface area contributed by atoms with Crippen LogP contribution in [0.4, 0.5) is 5.69 Å². The summed E-state index contributed by atoms with van der Waals surface area (Å²) in [5.74, 6) is 1.61. The van der Waals surface area contributed by atoms with Crippen LogP contribution in [0.2, 0.25) is 0 Å². The Morgan fingerprint density at radius 1 is 0.735 bits per heavy atom. The van der Waals surface area contributed by atoms with Gasteiger partial charge in [-0.25, -0.2) is 9.97 Å². The average molecular weight is 449 g/mol. The van der Waals surface area contributed by atoms with E-state index in [1.165, 1.54) is 5.69 Å². The van der Waals surface area contributed by atoms with Crippen LogP contribution in [0.1, 0.15) is 0 Å². The zero-order valence-electron chi connectivity index (χ0n) is 18.8. The summed E-state index contributed by atoms with van der Waals surface area (Å²) in [6, 6.07) is 20.8. The molecule has 0 spiro atoms. The Kier molecular flexibility index (Phi) is 4.22. The standard InChI is InChI=1S/C26H24N8/c1-33-10-12-34(13-11-33)17-7-9-22-23(15-17)30-26(29-22)24-18-14-16(6-8-19(18)31-32-24)25-27-20-4-2-3-5-21(20)28-25/h2-9,14-15H,10-13H2,1H3,(H,27,28)(H,29,30)(H,31,32). The van der Waals surface area contributed by atoms with Crippen LogP contribution in [-0.4, -0.2) is 68.3 Å². The van der Waals surface area contributed by atoms with Crippen LogP contribution in [0.15, 0.2) is 60.7 Å². The Morgan fingerprint density at radius 3 is 2.41 bits per heavy atom. The fourth-order valence-corrected chi connectivity index (χ4v) is 4.80.